The van der Waals surface area contributed by atoms with Gasteiger partial charge in [-0.05, 0) is 43.3 Å². The molecule has 0 aliphatic carbocycles. The summed E-state index contributed by atoms with van der Waals surface area (Å²) in [4.78, 5) is 0. The van der Waals surface area contributed by atoms with Crippen LogP contribution in [0.2, 0.25) is 37.8 Å². The molecule has 0 aliphatic heterocycles. The Morgan fingerprint density at radius 2 is 1.32 bits per heavy atom. The summed E-state index contributed by atoms with van der Waals surface area (Å²) in [5.41, 5.74) is 0.507. The molecule has 0 heterocycles. The van der Waals surface area contributed by atoms with Crippen molar-refractivity contribution < 1.29 is 22.0 Å². The zero-order valence-corrected chi connectivity index (χ0v) is 18.5. The van der Waals surface area contributed by atoms with Gasteiger partial charge in [-0.1, -0.05) is 51.1 Å². The first-order valence-corrected chi connectivity index (χ1v) is 14.8. The third kappa shape index (κ3) is 6.55. The second kappa shape index (κ2) is 7.54. The van der Waals surface area contributed by atoms with Crippen molar-refractivity contribution in [1.82, 2.24) is 0 Å². The van der Waals surface area contributed by atoms with E-state index in [4.69, 9.17) is 8.85 Å². The van der Waals surface area contributed by atoms with E-state index in [9.17, 15) is 13.2 Å². The molecule has 1 aromatic rings. The topological polar surface area (TPSA) is 18.5 Å². The molecule has 0 aliphatic rings. The van der Waals surface area contributed by atoms with E-state index in [-0.39, 0.29) is 5.04 Å². The molecule has 0 radical (unpaired) electrons. The minimum absolute atomic E-state index is 0.199. The molecule has 7 heteroatoms. The lowest BCUT2D eigenvalue weighted by Crippen LogP contribution is -2.50. The predicted octanol–water partition coefficient (Wildman–Crippen LogP) is 6.53. The van der Waals surface area contributed by atoms with Crippen LogP contribution in [0.1, 0.15) is 32.4 Å². The summed E-state index contributed by atoms with van der Waals surface area (Å²) in [7, 11) is -4.86. The van der Waals surface area contributed by atoms with Crippen LogP contribution in [0.25, 0.3) is 0 Å². The molecule has 0 aromatic heterocycles. The van der Waals surface area contributed by atoms with E-state index in [1.807, 2.05) is 33.9 Å². The van der Waals surface area contributed by atoms with Crippen molar-refractivity contribution in [2.45, 2.75) is 76.9 Å². The molecule has 144 valence electrons. The van der Waals surface area contributed by atoms with Gasteiger partial charge in [0.25, 0.3) is 0 Å². The smallest absolute Gasteiger partial charge is 0.407 e. The van der Waals surface area contributed by atoms with Gasteiger partial charge in [0.05, 0.1) is 0 Å². The van der Waals surface area contributed by atoms with E-state index in [0.717, 1.165) is 0 Å². The average Bonchev–Trinajstić information content (AvgIpc) is 2.40. The molecule has 25 heavy (non-hydrogen) atoms. The first kappa shape index (κ1) is 22.4. The second-order valence-electron chi connectivity index (χ2n) is 8.90. The van der Waals surface area contributed by atoms with Gasteiger partial charge in [0.2, 0.25) is 0 Å². The highest BCUT2D eigenvalue weighted by atomic mass is 28.4. The number of benzene rings is 1. The van der Waals surface area contributed by atoms with Crippen molar-refractivity contribution in [3.05, 3.63) is 35.9 Å². The first-order valence-electron chi connectivity index (χ1n) is 8.52. The summed E-state index contributed by atoms with van der Waals surface area (Å²) >= 11 is 0. The Kier molecular flexibility index (Phi) is 6.76. The zero-order valence-electron chi connectivity index (χ0n) is 16.5. The quantitative estimate of drug-likeness (QED) is 0.512. The molecule has 0 spiro atoms. The van der Waals surface area contributed by atoms with Gasteiger partial charge in [-0.25, -0.2) is 0 Å². The lowest BCUT2D eigenvalue weighted by Gasteiger charge is -2.43. The molecule has 0 bridgehead atoms. The number of hydrogen-bond acceptors (Lipinski definition) is 2. The molecule has 2 atom stereocenters. The third-order valence-corrected chi connectivity index (χ3v) is 9.85. The van der Waals surface area contributed by atoms with Crippen molar-refractivity contribution >= 4 is 16.6 Å². The van der Waals surface area contributed by atoms with Gasteiger partial charge in [-0.2, -0.15) is 13.2 Å². The number of alkyl halides is 3. The van der Waals surface area contributed by atoms with E-state index in [1.165, 1.54) is 0 Å². The Morgan fingerprint density at radius 1 is 0.840 bits per heavy atom. The van der Waals surface area contributed by atoms with E-state index in [1.54, 1.807) is 50.0 Å². The fraction of sp³-hybridized carbons (Fsp3) is 0.667. The van der Waals surface area contributed by atoms with Crippen LogP contribution >= 0.6 is 0 Å². The molecule has 1 aromatic carbocycles. The van der Waals surface area contributed by atoms with Gasteiger partial charge in [0.15, 0.2) is 22.7 Å². The van der Waals surface area contributed by atoms with Gasteiger partial charge in [-0.15, -0.1) is 0 Å². The molecule has 0 unspecified atom stereocenters. The van der Waals surface area contributed by atoms with Crippen LogP contribution in [-0.2, 0) is 8.85 Å². The third-order valence-electron chi connectivity index (χ3n) is 4.43. The Bertz CT molecular complexity index is 546. The summed E-state index contributed by atoms with van der Waals surface area (Å²) in [6.07, 6.45) is -7.62. The van der Waals surface area contributed by atoms with Crippen molar-refractivity contribution in [2.75, 3.05) is 0 Å². The second-order valence-corrected chi connectivity index (χ2v) is 18.1. The number of hydrogen-bond donors (Lipinski definition) is 0. The number of rotatable bonds is 6. The highest BCUT2D eigenvalue weighted by Crippen LogP contribution is 2.44. The highest BCUT2D eigenvalue weighted by molar-refractivity contribution is 6.74. The maximum Gasteiger partial charge on any atom is 0.416 e. The monoisotopic (exact) mass is 392 g/mol. The van der Waals surface area contributed by atoms with Crippen molar-refractivity contribution in [2.24, 2.45) is 0 Å². The Morgan fingerprint density at radius 3 is 1.68 bits per heavy atom. The molecule has 0 N–H and O–H groups in total. The van der Waals surface area contributed by atoms with Gasteiger partial charge in [0.1, 0.15) is 6.10 Å². The summed E-state index contributed by atoms with van der Waals surface area (Å²) in [5.74, 6) is 0. The van der Waals surface area contributed by atoms with Crippen LogP contribution in [0.15, 0.2) is 30.3 Å². The van der Waals surface area contributed by atoms with E-state index in [2.05, 4.69) is 0 Å². The number of halogens is 3. The molecule has 2 nitrogen and oxygen atoms in total. The maximum atomic E-state index is 13.9. The first-order chi connectivity index (χ1) is 11.0. The predicted molar refractivity (Wildman–Crippen MR) is 102 cm³/mol. The lowest BCUT2D eigenvalue weighted by atomic mass is 10.0. The summed E-state index contributed by atoms with van der Waals surface area (Å²) < 4.78 is 53.5. The van der Waals surface area contributed by atoms with Crippen LogP contribution in [0.3, 0.4) is 0 Å². The molecule has 0 saturated carbocycles. The van der Waals surface area contributed by atoms with Gasteiger partial charge >= 0.3 is 6.18 Å². The Hall–Kier alpha value is -0.636. The fourth-order valence-corrected chi connectivity index (χ4v) is 4.39. The van der Waals surface area contributed by atoms with Crippen LogP contribution in [0.5, 0.6) is 0 Å². The van der Waals surface area contributed by atoms with E-state index in [0.29, 0.717) is 5.56 Å². The molecule has 0 fully saturated rings. The normalized spacial score (nSPS) is 16.6. The Labute approximate surface area is 152 Å². The zero-order chi connectivity index (χ0) is 19.7. The molecule has 0 amide bonds. The van der Waals surface area contributed by atoms with Gasteiger partial charge in [-0.3, -0.25) is 0 Å². The van der Waals surface area contributed by atoms with Crippen molar-refractivity contribution in [3.63, 3.8) is 0 Å². The molecule has 1 rings (SSSR count). The highest BCUT2D eigenvalue weighted by Gasteiger charge is 2.51. The van der Waals surface area contributed by atoms with E-state index < -0.39 is 35.0 Å². The Balaban J connectivity index is 3.38. The molecular weight excluding hydrogens is 361 g/mol. The largest absolute Gasteiger partial charge is 0.416 e. The van der Waals surface area contributed by atoms with Crippen LogP contribution in [0.4, 0.5) is 13.2 Å². The summed E-state index contributed by atoms with van der Waals surface area (Å²) in [6.45, 7) is 15.3. The summed E-state index contributed by atoms with van der Waals surface area (Å²) in [6, 6.07) is 8.63. The van der Waals surface area contributed by atoms with Crippen LogP contribution < -0.4 is 0 Å². The standard InChI is InChI=1S/C18H31F3O2Si2/c1-17(2,3)25(7,8)22-15(14-12-10-9-11-13-14)16(18(19,20)21)23-24(4,5)6/h9-13,15-16H,1-8H3/t15-,16-/m0/s1. The molecule has 0 saturated heterocycles. The average molecular weight is 393 g/mol. The van der Waals surface area contributed by atoms with Crippen molar-refractivity contribution in [1.29, 1.82) is 0 Å². The lowest BCUT2D eigenvalue weighted by molar-refractivity contribution is -0.222. The fourth-order valence-electron chi connectivity index (χ4n) is 2.12. The minimum Gasteiger partial charge on any atom is -0.407 e. The van der Waals surface area contributed by atoms with Gasteiger partial charge < -0.3 is 8.85 Å². The van der Waals surface area contributed by atoms with Crippen molar-refractivity contribution in [3.8, 4) is 0 Å². The van der Waals surface area contributed by atoms with Crippen LogP contribution in [0, 0.1) is 0 Å². The maximum absolute atomic E-state index is 13.9. The van der Waals surface area contributed by atoms with E-state index >= 15 is 0 Å². The van der Waals surface area contributed by atoms with Gasteiger partial charge in [0, 0.05) is 0 Å². The van der Waals surface area contributed by atoms with Crippen LogP contribution in [-0.4, -0.2) is 28.9 Å². The SMILES string of the molecule is CC(C)(C)[Si](C)(C)O[C@@H](c1ccccc1)[C@H](O[Si](C)(C)C)C(F)(F)F. The molecular formula is C18H31F3O2Si2. The minimum atomic E-state index is -4.50. The summed E-state index contributed by atoms with van der Waals surface area (Å²) in [5, 5.41) is -0.199.